The summed E-state index contributed by atoms with van der Waals surface area (Å²) in [6.07, 6.45) is 1.60. The number of hydrogen-bond donors (Lipinski definition) is 3. The fourth-order valence-electron chi connectivity index (χ4n) is 2.29. The Morgan fingerprint density at radius 1 is 1.23 bits per heavy atom. The van der Waals surface area contributed by atoms with E-state index in [1.165, 1.54) is 16.4 Å². The lowest BCUT2D eigenvalue weighted by molar-refractivity contribution is -0.118. The Hall–Kier alpha value is -3.24. The molecule has 4 N–H and O–H groups in total. The number of benzene rings is 2. The van der Waals surface area contributed by atoms with Gasteiger partial charge >= 0.3 is 0 Å². The number of methoxy groups -OCH3 is 1. The van der Waals surface area contributed by atoms with Crippen LogP contribution in [0.1, 0.15) is 11.1 Å². The van der Waals surface area contributed by atoms with Crippen LogP contribution < -0.4 is 21.3 Å². The maximum Gasteiger partial charge on any atom is 0.264 e. The molecule has 1 heterocycles. The van der Waals surface area contributed by atoms with E-state index in [0.29, 0.717) is 16.7 Å². The van der Waals surface area contributed by atoms with Crippen LogP contribution in [0.5, 0.6) is 5.75 Å². The van der Waals surface area contributed by atoms with Crippen LogP contribution >= 0.6 is 23.4 Å². The number of nitrogens with two attached hydrogens (primary N) is 1. The molecule has 30 heavy (non-hydrogen) atoms. The van der Waals surface area contributed by atoms with Gasteiger partial charge in [-0.25, -0.2) is 10.1 Å². The van der Waals surface area contributed by atoms with Crippen LogP contribution in [0.25, 0.3) is 0 Å². The van der Waals surface area contributed by atoms with E-state index < -0.39 is 0 Å². The first-order chi connectivity index (χ1) is 14.5. The van der Waals surface area contributed by atoms with Crippen LogP contribution in [0.2, 0.25) is 5.02 Å². The minimum absolute atomic E-state index is 0.144. The van der Waals surface area contributed by atoms with Crippen molar-refractivity contribution in [3.8, 4) is 5.75 Å². The molecule has 3 rings (SSSR count). The molecule has 0 fully saturated rings. The van der Waals surface area contributed by atoms with E-state index in [0.717, 1.165) is 16.9 Å². The SMILES string of the molecule is COc1ccc(CNC(=O)CSc2nnc(N/N=C/c3ccc(Cl)cc3)n2N)cc1. The van der Waals surface area contributed by atoms with Crippen LogP contribution in [0.15, 0.2) is 58.8 Å². The van der Waals surface area contributed by atoms with Gasteiger partial charge in [0.1, 0.15) is 5.75 Å². The molecular weight excluding hydrogens is 426 g/mol. The highest BCUT2D eigenvalue weighted by molar-refractivity contribution is 7.99. The third kappa shape index (κ3) is 6.13. The normalized spacial score (nSPS) is 10.9. The Kier molecular flexibility index (Phi) is 7.52. The molecule has 0 atom stereocenters. The summed E-state index contributed by atoms with van der Waals surface area (Å²) in [7, 11) is 1.61. The molecule has 0 spiro atoms. The number of amides is 1. The average Bonchev–Trinajstić information content (AvgIpc) is 3.12. The van der Waals surface area contributed by atoms with Crippen molar-refractivity contribution in [3.63, 3.8) is 0 Å². The van der Waals surface area contributed by atoms with Crippen molar-refractivity contribution in [2.75, 3.05) is 24.1 Å². The fraction of sp³-hybridized carbons (Fsp3) is 0.158. The van der Waals surface area contributed by atoms with Crippen LogP contribution in [-0.4, -0.2) is 39.9 Å². The molecule has 2 aromatic carbocycles. The van der Waals surface area contributed by atoms with Gasteiger partial charge in [-0.05, 0) is 35.4 Å². The van der Waals surface area contributed by atoms with E-state index in [1.54, 1.807) is 25.5 Å². The second-order valence-electron chi connectivity index (χ2n) is 6.01. The standard InChI is InChI=1S/C19H20ClN7O2S/c1-29-16-8-4-13(5-9-16)10-22-17(28)12-30-19-26-25-18(27(19)21)24-23-11-14-2-6-15(20)7-3-14/h2-9,11H,10,12,21H2,1H3,(H,22,28)(H,24,25)/b23-11+. The van der Waals surface area contributed by atoms with Gasteiger partial charge in [-0.2, -0.15) is 5.10 Å². The van der Waals surface area contributed by atoms with Gasteiger partial charge in [0.2, 0.25) is 11.1 Å². The molecule has 0 aliphatic heterocycles. The van der Waals surface area contributed by atoms with Gasteiger partial charge < -0.3 is 15.9 Å². The number of nitrogens with one attached hydrogen (secondary N) is 2. The highest BCUT2D eigenvalue weighted by Gasteiger charge is 2.12. The Bertz CT molecular complexity index is 1010. The minimum atomic E-state index is -0.144. The van der Waals surface area contributed by atoms with E-state index >= 15 is 0 Å². The topological polar surface area (TPSA) is 119 Å². The Balaban J connectivity index is 1.45. The van der Waals surface area contributed by atoms with Crippen molar-refractivity contribution in [1.82, 2.24) is 20.2 Å². The lowest BCUT2D eigenvalue weighted by Gasteiger charge is -2.06. The van der Waals surface area contributed by atoms with E-state index in [-0.39, 0.29) is 17.6 Å². The summed E-state index contributed by atoms with van der Waals surface area (Å²) < 4.78 is 6.35. The number of aromatic nitrogens is 3. The Morgan fingerprint density at radius 2 is 1.97 bits per heavy atom. The molecule has 0 aliphatic carbocycles. The van der Waals surface area contributed by atoms with Crippen LogP contribution in [0.4, 0.5) is 5.95 Å². The number of rotatable bonds is 9. The van der Waals surface area contributed by atoms with Gasteiger partial charge in [0, 0.05) is 11.6 Å². The zero-order valence-electron chi connectivity index (χ0n) is 16.1. The van der Waals surface area contributed by atoms with E-state index in [2.05, 4.69) is 26.0 Å². The number of hydrogen-bond acceptors (Lipinski definition) is 8. The van der Waals surface area contributed by atoms with Crippen molar-refractivity contribution < 1.29 is 9.53 Å². The maximum absolute atomic E-state index is 12.1. The van der Waals surface area contributed by atoms with Gasteiger partial charge in [0.05, 0.1) is 19.1 Å². The van der Waals surface area contributed by atoms with Crippen molar-refractivity contribution >= 4 is 41.4 Å². The van der Waals surface area contributed by atoms with Gasteiger partial charge in [-0.15, -0.1) is 10.2 Å². The smallest absolute Gasteiger partial charge is 0.264 e. The maximum atomic E-state index is 12.1. The molecular formula is C19H20ClN7O2S. The molecule has 156 valence electrons. The zero-order chi connectivity index (χ0) is 21.3. The first-order valence-electron chi connectivity index (χ1n) is 8.82. The van der Waals surface area contributed by atoms with E-state index in [4.69, 9.17) is 22.2 Å². The zero-order valence-corrected chi connectivity index (χ0v) is 17.7. The molecule has 1 amide bonds. The molecule has 11 heteroatoms. The molecule has 0 saturated heterocycles. The molecule has 0 saturated carbocycles. The highest BCUT2D eigenvalue weighted by atomic mass is 35.5. The van der Waals surface area contributed by atoms with Crippen LogP contribution in [-0.2, 0) is 11.3 Å². The summed E-state index contributed by atoms with van der Waals surface area (Å²) in [5.41, 5.74) is 4.55. The molecule has 3 aromatic rings. The number of nitrogen functional groups attached to an aromatic ring is 1. The van der Waals surface area contributed by atoms with Gasteiger partial charge in [0.15, 0.2) is 0 Å². The van der Waals surface area contributed by atoms with E-state index in [9.17, 15) is 4.79 Å². The fourth-order valence-corrected chi connectivity index (χ4v) is 3.10. The largest absolute Gasteiger partial charge is 0.497 e. The number of halogens is 1. The summed E-state index contributed by atoms with van der Waals surface area (Å²) in [6, 6.07) is 14.7. The van der Waals surface area contributed by atoms with Gasteiger partial charge in [0.25, 0.3) is 5.95 Å². The molecule has 1 aromatic heterocycles. The first kappa shape index (κ1) is 21.5. The average molecular weight is 446 g/mol. The number of thioether (sulfide) groups is 1. The van der Waals surface area contributed by atoms with Crippen molar-refractivity contribution in [1.29, 1.82) is 0 Å². The second-order valence-corrected chi connectivity index (χ2v) is 7.39. The number of carbonyl (C=O) groups excluding carboxylic acids is 1. The lowest BCUT2D eigenvalue weighted by atomic mass is 10.2. The number of hydrazone groups is 1. The molecule has 0 aliphatic rings. The summed E-state index contributed by atoms with van der Waals surface area (Å²) in [5, 5.41) is 15.8. The predicted octanol–water partition coefficient (Wildman–Crippen LogP) is 2.51. The predicted molar refractivity (Wildman–Crippen MR) is 118 cm³/mol. The summed E-state index contributed by atoms with van der Waals surface area (Å²) in [6.45, 7) is 0.422. The first-order valence-corrected chi connectivity index (χ1v) is 10.2. The number of carbonyl (C=O) groups is 1. The molecule has 9 nitrogen and oxygen atoms in total. The number of ether oxygens (including phenoxy) is 1. The van der Waals surface area contributed by atoms with Crippen LogP contribution in [0.3, 0.4) is 0 Å². The van der Waals surface area contributed by atoms with Gasteiger partial charge in [-0.1, -0.05) is 47.6 Å². The third-order valence-corrected chi connectivity index (χ3v) is 5.09. The monoisotopic (exact) mass is 445 g/mol. The third-order valence-electron chi connectivity index (χ3n) is 3.89. The van der Waals surface area contributed by atoms with E-state index in [1.807, 2.05) is 36.4 Å². The number of anilines is 1. The van der Waals surface area contributed by atoms with Crippen LogP contribution in [0, 0.1) is 0 Å². The van der Waals surface area contributed by atoms with Crippen molar-refractivity contribution in [2.45, 2.75) is 11.7 Å². The van der Waals surface area contributed by atoms with Gasteiger partial charge in [-0.3, -0.25) is 4.79 Å². The second kappa shape index (κ2) is 10.5. The molecule has 0 bridgehead atoms. The number of nitrogens with zero attached hydrogens (tertiary/aromatic N) is 4. The highest BCUT2D eigenvalue weighted by Crippen LogP contribution is 2.17. The lowest BCUT2D eigenvalue weighted by Crippen LogP contribution is -2.25. The minimum Gasteiger partial charge on any atom is -0.497 e. The Morgan fingerprint density at radius 3 is 2.67 bits per heavy atom. The van der Waals surface area contributed by atoms with Crippen molar-refractivity contribution in [3.05, 3.63) is 64.7 Å². The quantitative estimate of drug-likeness (QED) is 0.200. The summed E-state index contributed by atoms with van der Waals surface area (Å²) >= 11 is 7.02. The van der Waals surface area contributed by atoms with Crippen molar-refractivity contribution in [2.24, 2.45) is 5.10 Å². The Labute approximate surface area is 182 Å². The molecule has 0 unspecified atom stereocenters. The molecule has 0 radical (unpaired) electrons. The summed E-state index contributed by atoms with van der Waals surface area (Å²) in [5.74, 6) is 6.98. The summed E-state index contributed by atoms with van der Waals surface area (Å²) in [4.78, 5) is 12.1.